The Labute approximate surface area is 279 Å². The maximum Gasteiger partial charge on any atom is 0.330 e. The lowest BCUT2D eigenvalue weighted by Gasteiger charge is -2.57. The highest BCUT2D eigenvalue weighted by atomic mass is 16.6. The molecule has 0 amide bonds. The molecular formula is C39H54O8. The minimum atomic E-state index is -1.00. The van der Waals surface area contributed by atoms with E-state index in [4.69, 9.17) is 18.9 Å². The number of aryl methyl sites for hydroxylation is 1. The van der Waals surface area contributed by atoms with Crippen LogP contribution in [0.15, 0.2) is 37.4 Å². The molecule has 1 aromatic carbocycles. The van der Waals surface area contributed by atoms with Crippen LogP contribution in [0.4, 0.5) is 0 Å². The summed E-state index contributed by atoms with van der Waals surface area (Å²) in [4.78, 5) is 23.1. The Morgan fingerprint density at radius 1 is 0.745 bits per heavy atom. The summed E-state index contributed by atoms with van der Waals surface area (Å²) in [5.41, 5.74) is 2.39. The molecule has 7 rings (SSSR count). The van der Waals surface area contributed by atoms with Crippen LogP contribution in [0.3, 0.4) is 0 Å². The molecule has 1 aromatic rings. The smallest absolute Gasteiger partial charge is 0.330 e. The van der Waals surface area contributed by atoms with E-state index in [1.807, 2.05) is 6.07 Å². The van der Waals surface area contributed by atoms with E-state index in [0.717, 1.165) is 79.4 Å². The zero-order valence-corrected chi connectivity index (χ0v) is 27.9. The summed E-state index contributed by atoms with van der Waals surface area (Å²) in [6, 6.07) is 4.29. The lowest BCUT2D eigenvalue weighted by molar-refractivity contribution is -0.141. The summed E-state index contributed by atoms with van der Waals surface area (Å²) < 4.78 is 22.8. The molecular weight excluding hydrogens is 596 g/mol. The van der Waals surface area contributed by atoms with E-state index >= 15 is 0 Å². The van der Waals surface area contributed by atoms with Crippen LogP contribution in [-0.2, 0) is 30.9 Å². The predicted octanol–water partition coefficient (Wildman–Crippen LogP) is 6.24. The molecule has 2 N–H and O–H groups in total. The number of esters is 2. The van der Waals surface area contributed by atoms with Gasteiger partial charge >= 0.3 is 11.9 Å². The highest BCUT2D eigenvalue weighted by molar-refractivity contribution is 5.81. The average Bonchev–Trinajstić information content (AvgIpc) is 3.06. The van der Waals surface area contributed by atoms with Crippen LogP contribution in [-0.4, -0.2) is 60.8 Å². The van der Waals surface area contributed by atoms with E-state index in [2.05, 4.69) is 19.2 Å². The molecule has 0 radical (unpaired) electrons. The average molecular weight is 651 g/mol. The molecule has 6 fully saturated rings. The highest BCUT2D eigenvalue weighted by Crippen LogP contribution is 2.62. The van der Waals surface area contributed by atoms with Gasteiger partial charge in [0.25, 0.3) is 0 Å². The van der Waals surface area contributed by atoms with Crippen LogP contribution in [0, 0.1) is 35.5 Å². The summed E-state index contributed by atoms with van der Waals surface area (Å²) in [5, 5.41) is 21.3. The number of carbonyl (C=O) groups excluding carboxylic acids is 2. The summed E-state index contributed by atoms with van der Waals surface area (Å²) in [6.07, 6.45) is 17.8. The van der Waals surface area contributed by atoms with Crippen LogP contribution in [0.25, 0.3) is 0 Å². The zero-order valence-electron chi connectivity index (χ0n) is 27.9. The molecule has 4 unspecified atom stereocenters. The molecule has 8 nitrogen and oxygen atoms in total. The molecule has 6 bridgehead atoms. The molecule has 0 heterocycles. The fourth-order valence-corrected chi connectivity index (χ4v) is 10.3. The molecule has 6 aliphatic carbocycles. The molecule has 258 valence electrons. The van der Waals surface area contributed by atoms with Gasteiger partial charge in [-0.05, 0) is 123 Å². The normalized spacial score (nSPS) is 31.8. The van der Waals surface area contributed by atoms with Crippen molar-refractivity contribution in [3.63, 3.8) is 0 Å². The number of hydrogen-bond acceptors (Lipinski definition) is 8. The molecule has 0 saturated heterocycles. The number of aliphatic hydroxyl groups excluding tert-OH is 2. The maximum absolute atomic E-state index is 11.6. The predicted molar refractivity (Wildman–Crippen MR) is 178 cm³/mol. The molecule has 6 saturated carbocycles. The lowest BCUT2D eigenvalue weighted by atomic mass is 9.48. The Morgan fingerprint density at radius 2 is 1.26 bits per heavy atom. The Bertz CT molecular complexity index is 1240. The van der Waals surface area contributed by atoms with E-state index in [1.54, 1.807) is 0 Å². The molecule has 6 aliphatic rings. The second kappa shape index (κ2) is 15.1. The zero-order chi connectivity index (χ0) is 33.0. The van der Waals surface area contributed by atoms with Crippen molar-refractivity contribution in [2.75, 3.05) is 26.4 Å². The number of fused-ring (bicyclic) bond motifs is 2. The fraction of sp³-hybridized carbons (Fsp3) is 0.692. The first kappa shape index (κ1) is 34.0. The van der Waals surface area contributed by atoms with E-state index in [0.29, 0.717) is 17.4 Å². The van der Waals surface area contributed by atoms with Gasteiger partial charge in [-0.15, -0.1) is 0 Å². The van der Waals surface area contributed by atoms with Crippen LogP contribution < -0.4 is 9.47 Å². The van der Waals surface area contributed by atoms with Crippen LogP contribution >= 0.6 is 0 Å². The van der Waals surface area contributed by atoms with Gasteiger partial charge < -0.3 is 29.2 Å². The van der Waals surface area contributed by atoms with Gasteiger partial charge in [0.05, 0.1) is 0 Å². The fourth-order valence-electron chi connectivity index (χ4n) is 10.3. The van der Waals surface area contributed by atoms with Gasteiger partial charge in [-0.25, -0.2) is 9.59 Å². The highest BCUT2D eigenvalue weighted by Gasteiger charge is 2.52. The number of aliphatic hydroxyl groups is 2. The first-order chi connectivity index (χ1) is 22.7. The van der Waals surface area contributed by atoms with Gasteiger partial charge in [0.1, 0.15) is 50.1 Å². The molecule has 4 atom stereocenters. The van der Waals surface area contributed by atoms with Gasteiger partial charge in [0.15, 0.2) is 0 Å². The van der Waals surface area contributed by atoms with Crippen molar-refractivity contribution in [3.8, 4) is 11.5 Å². The second-order valence-electron chi connectivity index (χ2n) is 15.5. The van der Waals surface area contributed by atoms with Gasteiger partial charge in [-0.3, -0.25) is 0 Å². The van der Waals surface area contributed by atoms with Crippen molar-refractivity contribution in [1.29, 1.82) is 0 Å². The van der Waals surface area contributed by atoms with Crippen LogP contribution in [0.2, 0.25) is 0 Å². The molecule has 0 aliphatic heterocycles. The number of rotatable bonds is 16. The number of ether oxygens (including phenoxy) is 4. The third kappa shape index (κ3) is 8.43. The largest absolute Gasteiger partial charge is 0.490 e. The van der Waals surface area contributed by atoms with Crippen molar-refractivity contribution >= 4 is 11.9 Å². The van der Waals surface area contributed by atoms with E-state index in [9.17, 15) is 19.8 Å². The molecule has 47 heavy (non-hydrogen) atoms. The Balaban J connectivity index is 1.27. The quantitative estimate of drug-likeness (QED) is 0.160. The standard InChI is InChI=1S/C39H54O8/c1-3-37(42)46-23-32(40)21-44-35-17-36(45-22-33(41)24-47-38(43)4-2)34(39-18-28-13-29(19-39)15-30(14-28)20-39)16-31(35)9-8-27-11-25-6-5-7-26(10-25)12-27/h3-4,16-17,25-30,32-33,40-41H,1-2,5-15,18-24H2. The third-order valence-electron chi connectivity index (χ3n) is 11.9. The van der Waals surface area contributed by atoms with Crippen molar-refractivity contribution in [2.24, 2.45) is 35.5 Å². The van der Waals surface area contributed by atoms with Crippen LogP contribution in [0.5, 0.6) is 11.5 Å². The summed E-state index contributed by atoms with van der Waals surface area (Å²) in [6.45, 7) is 6.39. The number of benzene rings is 1. The third-order valence-corrected chi connectivity index (χ3v) is 11.9. The molecule has 0 spiro atoms. The number of carbonyl (C=O) groups is 2. The van der Waals surface area contributed by atoms with Gasteiger partial charge in [-0.1, -0.05) is 32.4 Å². The minimum absolute atomic E-state index is 0.0342. The SMILES string of the molecule is C=CC(=O)OCC(O)COc1cc(OCC(O)COC(=O)C=C)c(C23CC4CC(CC(C4)C2)C3)cc1CCC1CC2CCCC(C2)C1. The summed E-state index contributed by atoms with van der Waals surface area (Å²) >= 11 is 0. The van der Waals surface area contributed by atoms with Crippen molar-refractivity contribution in [1.82, 2.24) is 0 Å². The number of hydrogen-bond donors (Lipinski definition) is 2. The molecule has 8 heteroatoms. The van der Waals surface area contributed by atoms with Crippen molar-refractivity contribution in [2.45, 2.75) is 108 Å². The Hall–Kier alpha value is -2.84. The molecule has 0 aromatic heterocycles. The van der Waals surface area contributed by atoms with Gasteiger partial charge in [0.2, 0.25) is 0 Å². The van der Waals surface area contributed by atoms with Crippen LogP contribution in [0.1, 0.15) is 94.6 Å². The monoisotopic (exact) mass is 650 g/mol. The Morgan fingerprint density at radius 3 is 1.79 bits per heavy atom. The topological polar surface area (TPSA) is 112 Å². The first-order valence-electron chi connectivity index (χ1n) is 18.1. The minimum Gasteiger partial charge on any atom is -0.490 e. The summed E-state index contributed by atoms with van der Waals surface area (Å²) in [7, 11) is 0. The van der Waals surface area contributed by atoms with Crippen molar-refractivity contribution < 1.29 is 38.7 Å². The van der Waals surface area contributed by atoms with E-state index < -0.39 is 24.1 Å². The summed E-state index contributed by atoms with van der Waals surface area (Å²) in [5.74, 6) is 4.85. The maximum atomic E-state index is 11.6. The van der Waals surface area contributed by atoms with Gasteiger partial charge in [0, 0.05) is 23.8 Å². The van der Waals surface area contributed by atoms with Crippen molar-refractivity contribution in [3.05, 3.63) is 48.6 Å². The second-order valence-corrected chi connectivity index (χ2v) is 15.5. The van der Waals surface area contributed by atoms with Gasteiger partial charge in [-0.2, -0.15) is 0 Å². The van der Waals surface area contributed by atoms with E-state index in [-0.39, 0.29) is 31.8 Å². The Kier molecular flexibility index (Phi) is 11.0. The lowest BCUT2D eigenvalue weighted by Crippen LogP contribution is -2.48. The first-order valence-corrected chi connectivity index (χ1v) is 18.1. The van der Waals surface area contributed by atoms with E-state index in [1.165, 1.54) is 63.4 Å².